The molecule has 0 spiro atoms. The van der Waals surface area contributed by atoms with Crippen LogP contribution in [-0.4, -0.2) is 51.4 Å². The van der Waals surface area contributed by atoms with Crippen molar-refractivity contribution in [2.24, 2.45) is 0 Å². The van der Waals surface area contributed by atoms with Crippen LogP contribution in [0.3, 0.4) is 0 Å². The van der Waals surface area contributed by atoms with E-state index in [2.05, 4.69) is 11.8 Å². The highest BCUT2D eigenvalue weighted by atomic mass is 35.5. The number of halogens is 1. The van der Waals surface area contributed by atoms with Crippen molar-refractivity contribution < 1.29 is 13.2 Å². The lowest BCUT2D eigenvalue weighted by Gasteiger charge is -2.31. The molecule has 1 unspecified atom stereocenters. The molecular formula is C13H19ClN2O3S. The molecule has 0 aromatic heterocycles. The number of benzene rings is 1. The quantitative estimate of drug-likeness (QED) is 0.850. The number of anilines is 1. The Balaban J connectivity index is 2.12. The predicted octanol–water partition coefficient (Wildman–Crippen LogP) is 1.42. The Bertz CT molecular complexity index is 577. The Morgan fingerprint density at radius 1 is 1.50 bits per heavy atom. The number of hydrogen-bond acceptors (Lipinski definition) is 5. The van der Waals surface area contributed by atoms with Crippen molar-refractivity contribution in [2.45, 2.75) is 17.9 Å². The van der Waals surface area contributed by atoms with E-state index in [0.717, 1.165) is 13.1 Å². The summed E-state index contributed by atoms with van der Waals surface area (Å²) in [6.45, 7) is 5.00. The molecule has 0 saturated carbocycles. The van der Waals surface area contributed by atoms with Gasteiger partial charge in [-0.25, -0.2) is 8.42 Å². The van der Waals surface area contributed by atoms with Crippen molar-refractivity contribution in [3.05, 3.63) is 23.2 Å². The average molecular weight is 319 g/mol. The van der Waals surface area contributed by atoms with E-state index in [1.54, 1.807) is 0 Å². The second-order valence-electron chi connectivity index (χ2n) is 4.85. The van der Waals surface area contributed by atoms with E-state index in [0.29, 0.717) is 18.8 Å². The lowest BCUT2D eigenvalue weighted by atomic mass is 10.3. The summed E-state index contributed by atoms with van der Waals surface area (Å²) in [5.74, 6) is -0.0379. The van der Waals surface area contributed by atoms with E-state index < -0.39 is 9.84 Å². The first kappa shape index (κ1) is 15.6. The van der Waals surface area contributed by atoms with E-state index in [9.17, 15) is 8.42 Å². The van der Waals surface area contributed by atoms with Crippen LogP contribution in [0, 0.1) is 0 Å². The van der Waals surface area contributed by atoms with Gasteiger partial charge in [-0.3, -0.25) is 4.90 Å². The number of nitrogens with two attached hydrogens (primary N) is 1. The second kappa shape index (κ2) is 6.30. The average Bonchev–Trinajstić information content (AvgIpc) is 2.41. The van der Waals surface area contributed by atoms with Gasteiger partial charge in [-0.2, -0.15) is 0 Å². The molecule has 1 heterocycles. The lowest BCUT2D eigenvalue weighted by molar-refractivity contribution is -0.0145. The Kier molecular flexibility index (Phi) is 4.90. The van der Waals surface area contributed by atoms with Crippen LogP contribution in [-0.2, 0) is 14.6 Å². The number of nitrogen functional groups attached to an aromatic ring is 1. The summed E-state index contributed by atoms with van der Waals surface area (Å²) in [6.07, 6.45) is -0.301. The normalized spacial score (nSPS) is 21.0. The number of rotatable bonds is 4. The molecule has 1 atom stereocenters. The number of sulfone groups is 1. The van der Waals surface area contributed by atoms with E-state index in [4.69, 9.17) is 22.1 Å². The summed E-state index contributed by atoms with van der Waals surface area (Å²) < 4.78 is 30.3. The van der Waals surface area contributed by atoms with Crippen LogP contribution in [0.4, 0.5) is 5.69 Å². The minimum Gasteiger partial charge on any atom is -0.398 e. The highest BCUT2D eigenvalue weighted by Gasteiger charge is 2.26. The molecule has 1 aliphatic heterocycles. The van der Waals surface area contributed by atoms with Gasteiger partial charge in [0, 0.05) is 13.1 Å². The van der Waals surface area contributed by atoms with Gasteiger partial charge in [0.2, 0.25) is 0 Å². The van der Waals surface area contributed by atoms with Crippen molar-refractivity contribution in [3.8, 4) is 0 Å². The molecular weight excluding hydrogens is 300 g/mol. The van der Waals surface area contributed by atoms with Gasteiger partial charge in [-0.15, -0.1) is 0 Å². The van der Waals surface area contributed by atoms with Crippen molar-refractivity contribution in [3.63, 3.8) is 0 Å². The standard InChI is InChI=1S/C13H19ClN2O3S/c1-2-16-5-6-19-10(8-16)9-20(17,18)11-3-4-13(15)12(14)7-11/h3-4,7,10H,2,5-6,8-9,15H2,1H3. The van der Waals surface area contributed by atoms with Crippen molar-refractivity contribution in [1.82, 2.24) is 4.90 Å². The molecule has 20 heavy (non-hydrogen) atoms. The first-order valence-corrected chi connectivity index (χ1v) is 8.57. The smallest absolute Gasteiger partial charge is 0.181 e. The molecule has 1 aromatic rings. The fraction of sp³-hybridized carbons (Fsp3) is 0.538. The van der Waals surface area contributed by atoms with Crippen molar-refractivity contribution in [1.29, 1.82) is 0 Å². The summed E-state index contributed by atoms with van der Waals surface area (Å²) in [4.78, 5) is 2.37. The van der Waals surface area contributed by atoms with Crippen LogP contribution < -0.4 is 5.73 Å². The third-order valence-electron chi connectivity index (χ3n) is 3.41. The van der Waals surface area contributed by atoms with Crippen LogP contribution in [0.5, 0.6) is 0 Å². The fourth-order valence-corrected chi connectivity index (χ4v) is 3.91. The Hall–Kier alpha value is -0.820. The van der Waals surface area contributed by atoms with Crippen molar-refractivity contribution >= 4 is 27.1 Å². The van der Waals surface area contributed by atoms with Crippen LogP contribution in [0.15, 0.2) is 23.1 Å². The molecule has 1 fully saturated rings. The summed E-state index contributed by atoms with van der Waals surface area (Å²) in [6, 6.07) is 4.39. The highest BCUT2D eigenvalue weighted by molar-refractivity contribution is 7.91. The molecule has 2 N–H and O–H groups in total. The van der Waals surface area contributed by atoms with Gasteiger partial charge in [0.05, 0.1) is 34.1 Å². The zero-order chi connectivity index (χ0) is 14.8. The van der Waals surface area contributed by atoms with Gasteiger partial charge in [-0.05, 0) is 24.7 Å². The van der Waals surface area contributed by atoms with Gasteiger partial charge < -0.3 is 10.5 Å². The molecule has 2 rings (SSSR count). The van der Waals surface area contributed by atoms with Gasteiger partial charge in [-0.1, -0.05) is 18.5 Å². The van der Waals surface area contributed by atoms with E-state index in [-0.39, 0.29) is 21.8 Å². The van der Waals surface area contributed by atoms with Gasteiger partial charge >= 0.3 is 0 Å². The van der Waals surface area contributed by atoms with Crippen LogP contribution in [0.1, 0.15) is 6.92 Å². The Morgan fingerprint density at radius 3 is 2.90 bits per heavy atom. The molecule has 1 aromatic carbocycles. The predicted molar refractivity (Wildman–Crippen MR) is 79.8 cm³/mol. The number of hydrogen-bond donors (Lipinski definition) is 1. The fourth-order valence-electron chi connectivity index (χ4n) is 2.21. The third-order valence-corrected chi connectivity index (χ3v) is 5.52. The van der Waals surface area contributed by atoms with Crippen molar-refractivity contribution in [2.75, 3.05) is 37.7 Å². The molecule has 5 nitrogen and oxygen atoms in total. The molecule has 7 heteroatoms. The SMILES string of the molecule is CCN1CCOC(CS(=O)(=O)c2ccc(N)c(Cl)c2)C1. The summed E-state index contributed by atoms with van der Waals surface area (Å²) in [7, 11) is -3.42. The number of ether oxygens (including phenoxy) is 1. The van der Waals surface area contributed by atoms with Crippen LogP contribution >= 0.6 is 11.6 Å². The maximum atomic E-state index is 12.4. The topological polar surface area (TPSA) is 72.6 Å². The van der Waals surface area contributed by atoms with Gasteiger partial charge in [0.1, 0.15) is 0 Å². The van der Waals surface area contributed by atoms with E-state index in [1.807, 2.05) is 0 Å². The molecule has 0 aliphatic carbocycles. The second-order valence-corrected chi connectivity index (χ2v) is 7.29. The van der Waals surface area contributed by atoms with Gasteiger partial charge in [0.25, 0.3) is 0 Å². The van der Waals surface area contributed by atoms with E-state index >= 15 is 0 Å². The molecule has 112 valence electrons. The maximum absolute atomic E-state index is 12.4. The largest absolute Gasteiger partial charge is 0.398 e. The minimum absolute atomic E-state index is 0.0379. The molecule has 0 bridgehead atoms. The first-order valence-electron chi connectivity index (χ1n) is 6.54. The van der Waals surface area contributed by atoms with Crippen LogP contribution in [0.25, 0.3) is 0 Å². The Morgan fingerprint density at radius 2 is 2.25 bits per heavy atom. The zero-order valence-corrected chi connectivity index (χ0v) is 13.0. The number of morpholine rings is 1. The third kappa shape index (κ3) is 3.63. The monoisotopic (exact) mass is 318 g/mol. The maximum Gasteiger partial charge on any atom is 0.181 e. The molecule has 0 radical (unpaired) electrons. The zero-order valence-electron chi connectivity index (χ0n) is 11.4. The van der Waals surface area contributed by atoms with E-state index in [1.165, 1.54) is 18.2 Å². The number of likely N-dealkylation sites (N-methyl/N-ethyl adjacent to an activating group) is 1. The van der Waals surface area contributed by atoms with Crippen LogP contribution in [0.2, 0.25) is 5.02 Å². The number of nitrogens with zero attached hydrogens (tertiary/aromatic N) is 1. The Labute approximate surface area is 124 Å². The molecule has 1 saturated heterocycles. The highest BCUT2D eigenvalue weighted by Crippen LogP contribution is 2.24. The lowest BCUT2D eigenvalue weighted by Crippen LogP contribution is -2.45. The first-order chi connectivity index (χ1) is 9.42. The summed E-state index contributed by atoms with van der Waals surface area (Å²) >= 11 is 5.88. The minimum atomic E-state index is -3.42. The summed E-state index contributed by atoms with van der Waals surface area (Å²) in [5, 5.41) is 0.255. The summed E-state index contributed by atoms with van der Waals surface area (Å²) in [5.41, 5.74) is 5.97. The van der Waals surface area contributed by atoms with Gasteiger partial charge in [0.15, 0.2) is 9.84 Å². The molecule has 1 aliphatic rings. The molecule has 0 amide bonds.